The molecule has 6 nitrogen and oxygen atoms in total. The minimum absolute atomic E-state index is 0.0245. The molecule has 2 rings (SSSR count). The molecule has 0 saturated carbocycles. The zero-order valence-corrected chi connectivity index (χ0v) is 11.4. The molecule has 0 bridgehead atoms. The van der Waals surface area contributed by atoms with Crippen molar-refractivity contribution in [1.82, 2.24) is 15.1 Å². The first-order valence-corrected chi connectivity index (χ1v) is 7.90. The molecule has 1 aliphatic rings. The summed E-state index contributed by atoms with van der Waals surface area (Å²) in [5, 5.41) is 12.1. The number of primary sulfonamides is 1. The maximum Gasteiger partial charge on any atom is 0.210 e. The van der Waals surface area contributed by atoms with Crippen LogP contribution in [0.3, 0.4) is 0 Å². The topological polar surface area (TPSA) is 92.1 Å². The average molecular weight is 272 g/mol. The SMILES string of the molecule is Cc1cn[nH]c1CN1CCCCC1CS(N)(=O)=O. The lowest BCUT2D eigenvalue weighted by Gasteiger charge is -2.34. The molecule has 1 unspecified atom stereocenters. The molecule has 0 aliphatic carbocycles. The summed E-state index contributed by atoms with van der Waals surface area (Å²) in [6.07, 6.45) is 4.85. The number of hydrogen-bond donors (Lipinski definition) is 2. The van der Waals surface area contributed by atoms with Gasteiger partial charge in [-0.2, -0.15) is 5.10 Å². The van der Waals surface area contributed by atoms with Gasteiger partial charge in [0.25, 0.3) is 0 Å². The fourth-order valence-corrected chi connectivity index (χ4v) is 3.38. The zero-order chi connectivity index (χ0) is 13.2. The first-order valence-electron chi connectivity index (χ1n) is 6.19. The van der Waals surface area contributed by atoms with Gasteiger partial charge in [-0.25, -0.2) is 13.6 Å². The van der Waals surface area contributed by atoms with Crippen molar-refractivity contribution < 1.29 is 8.42 Å². The number of nitrogens with zero attached hydrogens (tertiary/aromatic N) is 2. The lowest BCUT2D eigenvalue weighted by atomic mass is 10.0. The van der Waals surface area contributed by atoms with Crippen LogP contribution in [0.15, 0.2) is 6.20 Å². The summed E-state index contributed by atoms with van der Waals surface area (Å²) in [5.41, 5.74) is 2.16. The molecule has 0 amide bonds. The third-order valence-electron chi connectivity index (χ3n) is 3.47. The molecule has 1 atom stereocenters. The van der Waals surface area contributed by atoms with Crippen LogP contribution in [0.2, 0.25) is 0 Å². The number of aromatic nitrogens is 2. The molecule has 1 fully saturated rings. The van der Waals surface area contributed by atoms with Gasteiger partial charge in [0.05, 0.1) is 17.6 Å². The largest absolute Gasteiger partial charge is 0.294 e. The number of H-pyrrole nitrogens is 1. The summed E-state index contributed by atoms with van der Waals surface area (Å²) in [7, 11) is -3.41. The van der Waals surface area contributed by atoms with Crippen LogP contribution in [0, 0.1) is 6.92 Å². The predicted molar refractivity (Wildman–Crippen MR) is 69.3 cm³/mol. The van der Waals surface area contributed by atoms with Gasteiger partial charge in [-0.05, 0) is 31.9 Å². The zero-order valence-electron chi connectivity index (χ0n) is 10.6. The molecule has 102 valence electrons. The Hall–Kier alpha value is -0.920. The molecule has 7 heteroatoms. The molecule has 0 spiro atoms. The number of hydrogen-bond acceptors (Lipinski definition) is 4. The molecule has 1 saturated heterocycles. The molecule has 3 N–H and O–H groups in total. The first-order chi connectivity index (χ1) is 8.46. The monoisotopic (exact) mass is 272 g/mol. The van der Waals surface area contributed by atoms with Crippen molar-refractivity contribution in [1.29, 1.82) is 0 Å². The number of rotatable bonds is 4. The highest BCUT2D eigenvalue weighted by Crippen LogP contribution is 2.20. The van der Waals surface area contributed by atoms with Crippen molar-refractivity contribution in [3.05, 3.63) is 17.5 Å². The number of nitrogens with two attached hydrogens (primary N) is 1. The van der Waals surface area contributed by atoms with Crippen LogP contribution in [0.25, 0.3) is 0 Å². The van der Waals surface area contributed by atoms with Gasteiger partial charge in [0.1, 0.15) is 0 Å². The number of likely N-dealkylation sites (tertiary alicyclic amines) is 1. The predicted octanol–water partition coefficient (Wildman–Crippen LogP) is 0.361. The van der Waals surface area contributed by atoms with E-state index in [1.165, 1.54) is 0 Å². The maximum absolute atomic E-state index is 11.2. The van der Waals surface area contributed by atoms with Crippen LogP contribution < -0.4 is 5.14 Å². The van der Waals surface area contributed by atoms with Crippen molar-refractivity contribution in [2.24, 2.45) is 5.14 Å². The Balaban J connectivity index is 2.06. The molecule has 1 aromatic rings. The molecule has 1 aliphatic heterocycles. The van der Waals surface area contributed by atoms with Crippen LogP contribution in [0.4, 0.5) is 0 Å². The van der Waals surface area contributed by atoms with E-state index < -0.39 is 10.0 Å². The summed E-state index contributed by atoms with van der Waals surface area (Å²) in [6.45, 7) is 3.63. The van der Waals surface area contributed by atoms with Crippen molar-refractivity contribution in [3.8, 4) is 0 Å². The van der Waals surface area contributed by atoms with E-state index in [0.717, 1.165) is 37.1 Å². The Bertz CT molecular complexity index is 497. The summed E-state index contributed by atoms with van der Waals surface area (Å²) in [6, 6.07) is 0.0245. The molecule has 0 aromatic carbocycles. The minimum atomic E-state index is -3.41. The number of aromatic amines is 1. The third kappa shape index (κ3) is 3.54. The molecule has 1 aromatic heterocycles. The Kier molecular flexibility index (Phi) is 4.04. The number of sulfonamides is 1. The fraction of sp³-hybridized carbons (Fsp3) is 0.727. The molecule has 2 heterocycles. The quantitative estimate of drug-likeness (QED) is 0.828. The average Bonchev–Trinajstić information content (AvgIpc) is 2.65. The fourth-order valence-electron chi connectivity index (χ4n) is 2.46. The van der Waals surface area contributed by atoms with Gasteiger partial charge < -0.3 is 0 Å². The normalized spacial score (nSPS) is 22.2. The number of aryl methyl sites for hydroxylation is 1. The second kappa shape index (κ2) is 5.38. The van der Waals surface area contributed by atoms with Gasteiger partial charge >= 0.3 is 0 Å². The number of piperidine rings is 1. The van der Waals surface area contributed by atoms with E-state index in [0.29, 0.717) is 6.54 Å². The van der Waals surface area contributed by atoms with Gasteiger partial charge in [0.2, 0.25) is 10.0 Å². The summed E-state index contributed by atoms with van der Waals surface area (Å²) < 4.78 is 22.5. The van der Waals surface area contributed by atoms with Gasteiger partial charge in [0.15, 0.2) is 0 Å². The van der Waals surface area contributed by atoms with E-state index in [1.807, 2.05) is 6.92 Å². The van der Waals surface area contributed by atoms with Crippen molar-refractivity contribution in [3.63, 3.8) is 0 Å². The van der Waals surface area contributed by atoms with E-state index in [1.54, 1.807) is 6.20 Å². The third-order valence-corrected chi connectivity index (χ3v) is 4.32. The first kappa shape index (κ1) is 13.5. The smallest absolute Gasteiger partial charge is 0.210 e. The van der Waals surface area contributed by atoms with Crippen LogP contribution in [0.1, 0.15) is 30.5 Å². The summed E-state index contributed by atoms with van der Waals surface area (Å²) in [4.78, 5) is 2.19. The van der Waals surface area contributed by atoms with Gasteiger partial charge in [-0.1, -0.05) is 6.42 Å². The van der Waals surface area contributed by atoms with Crippen LogP contribution in [-0.4, -0.2) is 41.9 Å². The maximum atomic E-state index is 11.2. The Morgan fingerprint density at radius 2 is 2.33 bits per heavy atom. The molecular formula is C11H20N4O2S. The van der Waals surface area contributed by atoms with E-state index in [-0.39, 0.29) is 11.8 Å². The molecule has 0 radical (unpaired) electrons. The van der Waals surface area contributed by atoms with Crippen molar-refractivity contribution in [2.45, 2.75) is 38.8 Å². The van der Waals surface area contributed by atoms with Crippen LogP contribution >= 0.6 is 0 Å². The summed E-state index contributed by atoms with van der Waals surface area (Å²) >= 11 is 0. The highest BCUT2D eigenvalue weighted by molar-refractivity contribution is 7.89. The van der Waals surface area contributed by atoms with E-state index in [4.69, 9.17) is 5.14 Å². The van der Waals surface area contributed by atoms with Gasteiger partial charge in [0, 0.05) is 12.6 Å². The molecular weight excluding hydrogens is 252 g/mol. The highest BCUT2D eigenvalue weighted by atomic mass is 32.2. The second-order valence-electron chi connectivity index (χ2n) is 4.98. The van der Waals surface area contributed by atoms with Gasteiger partial charge in [-0.15, -0.1) is 0 Å². The Morgan fingerprint density at radius 3 is 2.94 bits per heavy atom. The van der Waals surface area contributed by atoms with E-state index in [2.05, 4.69) is 15.1 Å². The van der Waals surface area contributed by atoms with E-state index >= 15 is 0 Å². The second-order valence-corrected chi connectivity index (χ2v) is 6.64. The minimum Gasteiger partial charge on any atom is -0.294 e. The Morgan fingerprint density at radius 1 is 1.56 bits per heavy atom. The highest BCUT2D eigenvalue weighted by Gasteiger charge is 2.26. The number of nitrogens with one attached hydrogen (secondary N) is 1. The van der Waals surface area contributed by atoms with Crippen molar-refractivity contribution >= 4 is 10.0 Å². The Labute approximate surface area is 108 Å². The lowest BCUT2D eigenvalue weighted by molar-refractivity contribution is 0.152. The standard InChI is InChI=1S/C11H20N4O2S/c1-9-6-13-14-11(9)7-15-5-3-2-4-10(15)8-18(12,16)17/h6,10H,2-5,7-8H2,1H3,(H,13,14)(H2,12,16,17). The van der Waals surface area contributed by atoms with Crippen LogP contribution in [0.5, 0.6) is 0 Å². The van der Waals surface area contributed by atoms with E-state index in [9.17, 15) is 8.42 Å². The summed E-state index contributed by atoms with van der Waals surface area (Å²) in [5.74, 6) is 0.0418. The molecule has 18 heavy (non-hydrogen) atoms. The van der Waals surface area contributed by atoms with Gasteiger partial charge in [-0.3, -0.25) is 10.00 Å². The van der Waals surface area contributed by atoms with Crippen molar-refractivity contribution in [2.75, 3.05) is 12.3 Å². The lowest BCUT2D eigenvalue weighted by Crippen LogP contribution is -2.44. The van der Waals surface area contributed by atoms with Crippen LogP contribution in [-0.2, 0) is 16.6 Å².